The highest BCUT2D eigenvalue weighted by molar-refractivity contribution is 7.93. The molecule has 0 bridgehead atoms. The molecule has 1 aromatic carbocycles. The quantitative estimate of drug-likeness (QED) is 0.766. The number of benzene rings is 1. The minimum absolute atomic E-state index is 0.113. The van der Waals surface area contributed by atoms with E-state index in [2.05, 4.69) is 14.9 Å². The summed E-state index contributed by atoms with van der Waals surface area (Å²) in [7, 11) is -1.99. The van der Waals surface area contributed by atoms with Gasteiger partial charge in [-0.05, 0) is 18.9 Å². The third-order valence-corrected chi connectivity index (χ3v) is 5.38. The van der Waals surface area contributed by atoms with Gasteiger partial charge >= 0.3 is 6.01 Å². The maximum Gasteiger partial charge on any atom is 0.329 e. The van der Waals surface area contributed by atoms with Crippen molar-refractivity contribution >= 4 is 26.9 Å². The van der Waals surface area contributed by atoms with Crippen molar-refractivity contribution in [3.63, 3.8) is 0 Å². The van der Waals surface area contributed by atoms with Crippen molar-refractivity contribution in [2.75, 3.05) is 4.72 Å². The number of para-hydroxylation sites is 1. The van der Waals surface area contributed by atoms with Crippen LogP contribution in [-0.2, 0) is 23.5 Å². The number of hydrogen-bond acceptors (Lipinski definition) is 5. The average molecular weight is 348 g/mol. The number of nitrogens with zero attached hydrogens (tertiary/aromatic N) is 3. The Morgan fingerprint density at radius 3 is 2.67 bits per heavy atom. The molecule has 0 saturated carbocycles. The smallest absolute Gasteiger partial charge is 0.329 e. The molecular formula is C16H20N4O3S. The predicted octanol–water partition coefficient (Wildman–Crippen LogP) is 2.87. The summed E-state index contributed by atoms with van der Waals surface area (Å²) in [6.45, 7) is 5.81. The van der Waals surface area contributed by atoms with Gasteiger partial charge in [-0.1, -0.05) is 37.1 Å². The van der Waals surface area contributed by atoms with E-state index in [9.17, 15) is 8.42 Å². The number of anilines is 1. The van der Waals surface area contributed by atoms with Crippen LogP contribution in [0, 0.1) is 12.8 Å². The normalized spacial score (nSPS) is 12.2. The Hall–Kier alpha value is -2.35. The van der Waals surface area contributed by atoms with Gasteiger partial charge in [0.1, 0.15) is 4.90 Å². The second kappa shape index (κ2) is 5.94. The molecule has 0 amide bonds. The molecule has 128 valence electrons. The first-order chi connectivity index (χ1) is 11.3. The summed E-state index contributed by atoms with van der Waals surface area (Å²) in [6.07, 6.45) is 0.599. The summed E-state index contributed by atoms with van der Waals surface area (Å²) in [4.78, 5) is 0.226. The first kappa shape index (κ1) is 16.5. The van der Waals surface area contributed by atoms with Gasteiger partial charge < -0.3 is 8.98 Å². The first-order valence-corrected chi connectivity index (χ1v) is 9.17. The highest BCUT2D eigenvalue weighted by atomic mass is 32.2. The molecule has 0 fully saturated rings. The second-order valence-electron chi connectivity index (χ2n) is 6.20. The van der Waals surface area contributed by atoms with E-state index in [0.717, 1.165) is 5.52 Å². The summed E-state index contributed by atoms with van der Waals surface area (Å²) in [6, 6.07) is 7.25. The largest absolute Gasteiger partial charge is 0.407 e. The Morgan fingerprint density at radius 1 is 1.25 bits per heavy atom. The van der Waals surface area contributed by atoms with Crippen molar-refractivity contribution in [2.45, 2.75) is 32.1 Å². The van der Waals surface area contributed by atoms with Gasteiger partial charge in [0.2, 0.25) is 5.89 Å². The van der Waals surface area contributed by atoms with Crippen molar-refractivity contribution in [2.24, 2.45) is 13.0 Å². The summed E-state index contributed by atoms with van der Waals surface area (Å²) in [5.74, 6) is 0.757. The number of rotatable bonds is 5. The monoisotopic (exact) mass is 348 g/mol. The van der Waals surface area contributed by atoms with Crippen LogP contribution in [0.15, 0.2) is 33.6 Å². The van der Waals surface area contributed by atoms with Crippen LogP contribution in [0.5, 0.6) is 0 Å². The van der Waals surface area contributed by atoms with E-state index in [-0.39, 0.29) is 10.9 Å². The van der Waals surface area contributed by atoms with Gasteiger partial charge in [0.05, 0.1) is 0 Å². The third-order valence-electron chi connectivity index (χ3n) is 3.88. The molecule has 7 nitrogen and oxygen atoms in total. The standard InChI is InChI=1S/C16H20N4O3S/c1-10(2)9-14-17-18-16(23-14)19-24(21,22)15-11(3)20(4)13-8-6-5-7-12(13)15/h5-8,10H,9H2,1-4H3,(H,18,19). The van der Waals surface area contributed by atoms with Gasteiger partial charge in [-0.2, -0.15) is 0 Å². The molecule has 8 heteroatoms. The zero-order valence-electron chi connectivity index (χ0n) is 14.1. The van der Waals surface area contributed by atoms with Gasteiger partial charge in [-0.15, -0.1) is 5.10 Å². The van der Waals surface area contributed by atoms with E-state index >= 15 is 0 Å². The van der Waals surface area contributed by atoms with Crippen LogP contribution in [0.25, 0.3) is 10.9 Å². The number of sulfonamides is 1. The van der Waals surface area contributed by atoms with Crippen molar-refractivity contribution in [3.8, 4) is 0 Å². The Bertz CT molecular complexity index is 986. The van der Waals surface area contributed by atoms with E-state index in [1.165, 1.54) is 0 Å². The van der Waals surface area contributed by atoms with Crippen LogP contribution in [0.4, 0.5) is 6.01 Å². The maximum absolute atomic E-state index is 12.8. The molecule has 0 atom stereocenters. The maximum atomic E-state index is 12.8. The highest BCUT2D eigenvalue weighted by Crippen LogP contribution is 2.30. The van der Waals surface area contributed by atoms with Gasteiger partial charge in [-0.3, -0.25) is 0 Å². The topological polar surface area (TPSA) is 90.0 Å². The van der Waals surface area contributed by atoms with Crippen LogP contribution < -0.4 is 4.72 Å². The average Bonchev–Trinajstić information content (AvgIpc) is 3.02. The molecule has 1 N–H and O–H groups in total. The molecule has 24 heavy (non-hydrogen) atoms. The fraction of sp³-hybridized carbons (Fsp3) is 0.375. The lowest BCUT2D eigenvalue weighted by molar-refractivity contribution is 0.468. The fourth-order valence-corrected chi connectivity index (χ4v) is 4.12. The van der Waals surface area contributed by atoms with Crippen LogP contribution >= 0.6 is 0 Å². The van der Waals surface area contributed by atoms with Crippen LogP contribution in [0.3, 0.4) is 0 Å². The molecule has 0 radical (unpaired) electrons. The van der Waals surface area contributed by atoms with Gasteiger partial charge in [0.15, 0.2) is 0 Å². The summed E-state index contributed by atoms with van der Waals surface area (Å²) >= 11 is 0. The van der Waals surface area contributed by atoms with Crippen LogP contribution in [0.1, 0.15) is 25.4 Å². The molecule has 0 spiro atoms. The van der Waals surface area contributed by atoms with Gasteiger partial charge in [0, 0.05) is 30.1 Å². The summed E-state index contributed by atoms with van der Waals surface area (Å²) < 4.78 is 35.3. The Kier molecular flexibility index (Phi) is 4.08. The molecule has 3 rings (SSSR count). The van der Waals surface area contributed by atoms with Gasteiger partial charge in [0.25, 0.3) is 10.0 Å². The van der Waals surface area contributed by atoms with E-state index in [4.69, 9.17) is 4.42 Å². The predicted molar refractivity (Wildman–Crippen MR) is 91.3 cm³/mol. The van der Waals surface area contributed by atoms with Gasteiger partial charge in [-0.25, -0.2) is 13.1 Å². The molecule has 0 aliphatic rings. The second-order valence-corrected chi connectivity index (χ2v) is 7.81. The van der Waals surface area contributed by atoms with Crippen molar-refractivity contribution < 1.29 is 12.8 Å². The zero-order valence-corrected chi connectivity index (χ0v) is 14.9. The minimum Gasteiger partial charge on any atom is -0.407 e. The number of fused-ring (bicyclic) bond motifs is 1. The summed E-state index contributed by atoms with van der Waals surface area (Å²) in [5.41, 5.74) is 1.49. The molecule has 2 aromatic heterocycles. The van der Waals surface area contributed by atoms with Crippen molar-refractivity contribution in [1.82, 2.24) is 14.8 Å². The van der Waals surface area contributed by atoms with Crippen molar-refractivity contribution in [3.05, 3.63) is 35.9 Å². The molecule has 3 aromatic rings. The van der Waals surface area contributed by atoms with Crippen LogP contribution in [0.2, 0.25) is 0 Å². The molecule has 0 saturated heterocycles. The summed E-state index contributed by atoms with van der Waals surface area (Å²) in [5, 5.41) is 8.32. The molecule has 0 unspecified atom stereocenters. The highest BCUT2D eigenvalue weighted by Gasteiger charge is 2.26. The third kappa shape index (κ3) is 2.89. The number of aromatic nitrogens is 3. The Balaban J connectivity index is 2.00. The minimum atomic E-state index is -3.83. The number of hydrogen-bond donors (Lipinski definition) is 1. The van der Waals surface area contributed by atoms with E-state index < -0.39 is 10.0 Å². The van der Waals surface area contributed by atoms with E-state index in [1.807, 2.05) is 43.7 Å². The number of aryl methyl sites for hydroxylation is 1. The number of nitrogens with one attached hydrogen (secondary N) is 1. The lowest BCUT2D eigenvalue weighted by Crippen LogP contribution is -2.14. The Labute approximate surface area is 140 Å². The SMILES string of the molecule is Cc1c(S(=O)(=O)Nc2nnc(CC(C)C)o2)c2ccccc2n1C. The van der Waals surface area contributed by atoms with E-state index in [1.54, 1.807) is 13.0 Å². The molecule has 2 heterocycles. The fourth-order valence-electron chi connectivity index (χ4n) is 2.72. The lowest BCUT2D eigenvalue weighted by Gasteiger charge is -2.05. The van der Waals surface area contributed by atoms with Crippen LogP contribution in [-0.4, -0.2) is 23.2 Å². The van der Waals surface area contributed by atoms with E-state index in [0.29, 0.717) is 29.3 Å². The molecular weight excluding hydrogens is 328 g/mol. The van der Waals surface area contributed by atoms with Crippen molar-refractivity contribution in [1.29, 1.82) is 0 Å². The first-order valence-electron chi connectivity index (χ1n) is 7.69. The molecule has 0 aliphatic carbocycles. The zero-order chi connectivity index (χ0) is 17.5. The lowest BCUT2D eigenvalue weighted by atomic mass is 10.1. The molecule has 0 aliphatic heterocycles. The Morgan fingerprint density at radius 2 is 1.96 bits per heavy atom.